The highest BCUT2D eigenvalue weighted by atomic mass is 35.5. The maximum atomic E-state index is 13.2. The van der Waals surface area contributed by atoms with Gasteiger partial charge in [-0.15, -0.1) is 0 Å². The van der Waals surface area contributed by atoms with E-state index in [1.165, 1.54) is 0 Å². The van der Waals surface area contributed by atoms with Crippen LogP contribution >= 0.6 is 23.2 Å². The number of carbonyl (C=O) groups excluding carboxylic acids is 1. The van der Waals surface area contributed by atoms with Crippen molar-refractivity contribution in [3.63, 3.8) is 0 Å². The molecule has 8 nitrogen and oxygen atoms in total. The summed E-state index contributed by atoms with van der Waals surface area (Å²) < 4.78 is 6.95. The van der Waals surface area contributed by atoms with Crippen molar-refractivity contribution >= 4 is 34.8 Å². The van der Waals surface area contributed by atoms with E-state index in [1.54, 1.807) is 30.1 Å². The number of aromatic nitrogens is 3. The zero-order valence-corrected chi connectivity index (χ0v) is 20.6. The quantitative estimate of drug-likeness (QED) is 0.524. The largest absolute Gasteiger partial charge is 0.495 e. The predicted molar refractivity (Wildman–Crippen MR) is 131 cm³/mol. The minimum Gasteiger partial charge on any atom is -0.495 e. The summed E-state index contributed by atoms with van der Waals surface area (Å²) in [5, 5.41) is 14.7. The zero-order chi connectivity index (χ0) is 24.4. The number of anilines is 1. The molecule has 10 heteroatoms. The van der Waals surface area contributed by atoms with Gasteiger partial charge in [0.25, 0.3) is 0 Å². The number of rotatable bonds is 5. The summed E-state index contributed by atoms with van der Waals surface area (Å²) in [6.07, 6.45) is 1.54. The molecule has 1 atom stereocenters. The van der Waals surface area contributed by atoms with Gasteiger partial charge in [-0.05, 0) is 38.1 Å². The van der Waals surface area contributed by atoms with Crippen molar-refractivity contribution in [1.82, 2.24) is 19.7 Å². The molecule has 1 amide bonds. The SMILES string of the molecule is COc1cc(N2CCN(C(=O)Cn3nc(-c4ccnc(C#N)c4)c(Cl)c3C)[C@@H](C)C2)ccc1Cl. The molecule has 0 saturated carbocycles. The number of nitrogens with zero attached hydrogens (tertiary/aromatic N) is 6. The third-order valence-corrected chi connectivity index (χ3v) is 6.78. The Bertz CT molecular complexity index is 1270. The smallest absolute Gasteiger partial charge is 0.244 e. The van der Waals surface area contributed by atoms with Gasteiger partial charge in [0, 0.05) is 49.2 Å². The first-order valence-corrected chi connectivity index (χ1v) is 11.5. The normalized spacial score (nSPS) is 15.8. The van der Waals surface area contributed by atoms with Gasteiger partial charge in [0.15, 0.2) is 0 Å². The highest BCUT2D eigenvalue weighted by Gasteiger charge is 2.29. The van der Waals surface area contributed by atoms with Crippen LogP contribution in [0.5, 0.6) is 5.75 Å². The molecule has 0 aliphatic carbocycles. The Hall–Kier alpha value is -3.28. The molecule has 0 radical (unpaired) electrons. The van der Waals surface area contributed by atoms with Crippen LogP contribution in [0.2, 0.25) is 10.0 Å². The van der Waals surface area contributed by atoms with Gasteiger partial charge in [-0.2, -0.15) is 10.4 Å². The van der Waals surface area contributed by atoms with E-state index in [0.717, 1.165) is 5.69 Å². The minimum absolute atomic E-state index is 0.00659. The first-order chi connectivity index (χ1) is 16.3. The average Bonchev–Trinajstić information content (AvgIpc) is 3.12. The fraction of sp³-hybridized carbons (Fsp3) is 0.333. The molecule has 0 unspecified atom stereocenters. The highest BCUT2D eigenvalue weighted by molar-refractivity contribution is 6.33. The van der Waals surface area contributed by atoms with Gasteiger partial charge in [-0.1, -0.05) is 23.2 Å². The Morgan fingerprint density at radius 1 is 1.26 bits per heavy atom. The van der Waals surface area contributed by atoms with Crippen LogP contribution < -0.4 is 9.64 Å². The van der Waals surface area contributed by atoms with Crippen LogP contribution in [-0.2, 0) is 11.3 Å². The average molecular weight is 499 g/mol. The summed E-state index contributed by atoms with van der Waals surface area (Å²) in [6, 6.07) is 11.1. The second-order valence-corrected chi connectivity index (χ2v) is 8.93. The second-order valence-electron chi connectivity index (χ2n) is 8.15. The van der Waals surface area contributed by atoms with E-state index < -0.39 is 0 Å². The van der Waals surface area contributed by atoms with Crippen molar-refractivity contribution in [2.75, 3.05) is 31.6 Å². The number of methoxy groups -OCH3 is 1. The molecule has 176 valence electrons. The lowest BCUT2D eigenvalue weighted by Gasteiger charge is -2.41. The van der Waals surface area contributed by atoms with Crippen molar-refractivity contribution in [2.45, 2.75) is 26.4 Å². The van der Waals surface area contributed by atoms with E-state index in [0.29, 0.717) is 52.4 Å². The molecule has 0 spiro atoms. The molecular weight excluding hydrogens is 475 g/mol. The Balaban J connectivity index is 1.47. The minimum atomic E-state index is -0.0258. The molecule has 0 N–H and O–H groups in total. The Labute approximate surface area is 208 Å². The Morgan fingerprint density at radius 3 is 2.76 bits per heavy atom. The lowest BCUT2D eigenvalue weighted by Crippen LogP contribution is -2.54. The standard InChI is InChI=1S/C24H24Cl2N6O2/c1-15-13-30(19-4-5-20(25)21(11-19)34-3)8-9-31(15)22(33)14-32-16(2)23(26)24(29-32)17-6-7-28-18(10-17)12-27/h4-7,10-11,15H,8-9,13-14H2,1-3H3/t15-/m0/s1. The van der Waals surface area contributed by atoms with E-state index >= 15 is 0 Å². The van der Waals surface area contributed by atoms with Crippen LogP contribution in [0.3, 0.4) is 0 Å². The first kappa shape index (κ1) is 23.9. The zero-order valence-electron chi connectivity index (χ0n) is 19.1. The molecule has 1 fully saturated rings. The number of benzene rings is 1. The van der Waals surface area contributed by atoms with E-state index in [2.05, 4.69) is 15.0 Å². The third kappa shape index (κ3) is 4.67. The van der Waals surface area contributed by atoms with E-state index in [-0.39, 0.29) is 24.2 Å². The van der Waals surface area contributed by atoms with Crippen molar-refractivity contribution in [1.29, 1.82) is 5.26 Å². The van der Waals surface area contributed by atoms with Gasteiger partial charge in [0.05, 0.1) is 22.8 Å². The second kappa shape index (κ2) is 9.92. The molecule has 34 heavy (non-hydrogen) atoms. The van der Waals surface area contributed by atoms with Crippen molar-refractivity contribution in [2.24, 2.45) is 0 Å². The number of hydrogen-bond donors (Lipinski definition) is 0. The number of halogens is 2. The van der Waals surface area contributed by atoms with Crippen LogP contribution in [0.25, 0.3) is 11.3 Å². The monoisotopic (exact) mass is 498 g/mol. The summed E-state index contributed by atoms with van der Waals surface area (Å²) in [5.41, 5.74) is 3.20. The molecule has 3 aromatic rings. The maximum Gasteiger partial charge on any atom is 0.244 e. The molecule has 3 heterocycles. The van der Waals surface area contributed by atoms with Gasteiger partial charge in [-0.25, -0.2) is 4.98 Å². The summed E-state index contributed by atoms with van der Waals surface area (Å²) in [4.78, 5) is 21.3. The van der Waals surface area contributed by atoms with Crippen LogP contribution in [0, 0.1) is 18.3 Å². The number of pyridine rings is 1. The van der Waals surface area contributed by atoms with Gasteiger partial charge >= 0.3 is 0 Å². The van der Waals surface area contributed by atoms with Gasteiger partial charge in [-0.3, -0.25) is 9.48 Å². The van der Waals surface area contributed by atoms with Crippen LogP contribution in [0.1, 0.15) is 18.3 Å². The lowest BCUT2D eigenvalue weighted by atomic mass is 10.1. The molecule has 1 aromatic carbocycles. The number of carbonyl (C=O) groups is 1. The van der Waals surface area contributed by atoms with Crippen LogP contribution in [0.15, 0.2) is 36.5 Å². The van der Waals surface area contributed by atoms with Gasteiger partial charge < -0.3 is 14.5 Å². The molecule has 1 saturated heterocycles. The molecule has 0 bridgehead atoms. The summed E-state index contributed by atoms with van der Waals surface area (Å²) in [6.45, 7) is 5.91. The lowest BCUT2D eigenvalue weighted by molar-refractivity contribution is -0.134. The maximum absolute atomic E-state index is 13.2. The Morgan fingerprint density at radius 2 is 2.06 bits per heavy atom. The molecule has 1 aliphatic rings. The number of nitriles is 1. The van der Waals surface area contributed by atoms with Crippen molar-refractivity contribution in [3.8, 4) is 23.1 Å². The number of hydrogen-bond acceptors (Lipinski definition) is 6. The fourth-order valence-corrected chi connectivity index (χ4v) is 4.57. The molecule has 1 aliphatic heterocycles. The van der Waals surface area contributed by atoms with Gasteiger partial charge in [0.2, 0.25) is 5.91 Å². The van der Waals surface area contributed by atoms with E-state index in [9.17, 15) is 4.79 Å². The summed E-state index contributed by atoms with van der Waals surface area (Å²) >= 11 is 12.7. The third-order valence-electron chi connectivity index (χ3n) is 6.01. The number of ether oxygens (including phenoxy) is 1. The van der Waals surface area contributed by atoms with Crippen molar-refractivity contribution in [3.05, 3.63) is 58.0 Å². The van der Waals surface area contributed by atoms with Crippen molar-refractivity contribution < 1.29 is 9.53 Å². The number of piperazine rings is 1. The van der Waals surface area contributed by atoms with E-state index in [4.69, 9.17) is 33.2 Å². The predicted octanol–water partition coefficient (Wildman–Crippen LogP) is 4.18. The summed E-state index contributed by atoms with van der Waals surface area (Å²) in [7, 11) is 1.59. The van der Waals surface area contributed by atoms with E-state index in [1.807, 2.05) is 43.0 Å². The summed E-state index contributed by atoms with van der Waals surface area (Å²) in [5.74, 6) is 0.602. The Kier molecular flexibility index (Phi) is 6.96. The fourth-order valence-electron chi connectivity index (χ4n) is 4.13. The molecule has 4 rings (SSSR count). The first-order valence-electron chi connectivity index (χ1n) is 10.8. The van der Waals surface area contributed by atoms with Gasteiger partial charge in [0.1, 0.15) is 29.8 Å². The molecular formula is C24H24Cl2N6O2. The van der Waals surface area contributed by atoms with Crippen LogP contribution in [0.4, 0.5) is 5.69 Å². The topological polar surface area (TPSA) is 87.3 Å². The molecule has 2 aromatic heterocycles. The highest BCUT2D eigenvalue weighted by Crippen LogP contribution is 2.31. The van der Waals surface area contributed by atoms with Crippen LogP contribution in [-0.4, -0.2) is 58.4 Å². The number of amides is 1.